The molecule has 106 valence electrons. The third-order valence-electron chi connectivity index (χ3n) is 4.52. The van der Waals surface area contributed by atoms with Gasteiger partial charge in [0.25, 0.3) is 0 Å². The van der Waals surface area contributed by atoms with Crippen molar-refractivity contribution in [2.24, 2.45) is 5.92 Å². The number of methoxy groups -OCH3 is 1. The molecule has 0 aromatic heterocycles. The molecular formula is C16H30O2. The summed E-state index contributed by atoms with van der Waals surface area (Å²) < 4.78 is 5.70. The molecule has 1 aliphatic rings. The zero-order valence-electron chi connectivity index (χ0n) is 12.2. The van der Waals surface area contributed by atoms with Crippen LogP contribution in [0.5, 0.6) is 0 Å². The monoisotopic (exact) mass is 254 g/mol. The lowest BCUT2D eigenvalue weighted by Gasteiger charge is -2.41. The molecule has 0 aromatic rings. The normalized spacial score (nSPS) is 30.1. The Morgan fingerprint density at radius 2 is 2.00 bits per heavy atom. The molecule has 1 N–H and O–H groups in total. The summed E-state index contributed by atoms with van der Waals surface area (Å²) in [5.41, 5.74) is -0.259. The summed E-state index contributed by atoms with van der Waals surface area (Å²) in [6.07, 6.45) is 11.5. The van der Waals surface area contributed by atoms with Gasteiger partial charge in [-0.1, -0.05) is 25.8 Å². The summed E-state index contributed by atoms with van der Waals surface area (Å²) in [6, 6.07) is 0. The number of hydrogen-bond donors (Lipinski definition) is 1. The molecule has 1 saturated carbocycles. The van der Waals surface area contributed by atoms with Crippen LogP contribution in [0, 0.1) is 5.92 Å². The van der Waals surface area contributed by atoms with Crippen molar-refractivity contribution >= 4 is 0 Å². The maximum Gasteiger partial charge on any atom is 0.0936 e. The van der Waals surface area contributed by atoms with E-state index in [9.17, 15) is 5.11 Å². The van der Waals surface area contributed by atoms with Gasteiger partial charge in [0.15, 0.2) is 0 Å². The molecule has 0 aromatic carbocycles. The van der Waals surface area contributed by atoms with Crippen LogP contribution in [-0.2, 0) is 4.74 Å². The Balaban J connectivity index is 2.32. The molecule has 1 rings (SSSR count). The number of aliphatic hydroxyl groups is 1. The lowest BCUT2D eigenvalue weighted by molar-refractivity contribution is -0.130. The molecule has 1 aliphatic carbocycles. The lowest BCUT2D eigenvalue weighted by Crippen LogP contribution is -2.46. The Bertz CT molecular complexity index is 229. The van der Waals surface area contributed by atoms with Crippen molar-refractivity contribution in [1.29, 1.82) is 0 Å². The average Bonchev–Trinajstić information content (AvgIpc) is 2.39. The molecule has 0 spiro atoms. The quantitative estimate of drug-likeness (QED) is 0.522. The van der Waals surface area contributed by atoms with Crippen molar-refractivity contribution in [3.8, 4) is 0 Å². The van der Waals surface area contributed by atoms with E-state index >= 15 is 0 Å². The fourth-order valence-corrected chi connectivity index (χ4v) is 2.99. The van der Waals surface area contributed by atoms with Crippen LogP contribution >= 0.6 is 0 Å². The van der Waals surface area contributed by atoms with Crippen molar-refractivity contribution < 1.29 is 9.84 Å². The van der Waals surface area contributed by atoms with Gasteiger partial charge in [0, 0.05) is 7.11 Å². The van der Waals surface area contributed by atoms with Crippen LogP contribution in [0.3, 0.4) is 0 Å². The first kappa shape index (κ1) is 15.7. The number of unbranched alkanes of at least 4 members (excludes halogenated alkanes) is 3. The molecule has 1 atom stereocenters. The van der Waals surface area contributed by atoms with Crippen LogP contribution < -0.4 is 0 Å². The Morgan fingerprint density at radius 3 is 2.56 bits per heavy atom. The van der Waals surface area contributed by atoms with Crippen LogP contribution in [0.4, 0.5) is 0 Å². The van der Waals surface area contributed by atoms with Gasteiger partial charge >= 0.3 is 0 Å². The molecule has 1 fully saturated rings. The summed E-state index contributed by atoms with van der Waals surface area (Å²) >= 11 is 0. The Morgan fingerprint density at radius 1 is 1.33 bits per heavy atom. The van der Waals surface area contributed by atoms with Crippen LogP contribution in [0.1, 0.15) is 64.7 Å². The van der Waals surface area contributed by atoms with E-state index in [4.69, 9.17) is 4.74 Å². The second-order valence-electron chi connectivity index (χ2n) is 5.89. The predicted molar refractivity (Wildman–Crippen MR) is 76.7 cm³/mol. The first-order valence-corrected chi connectivity index (χ1v) is 7.48. The minimum atomic E-state index is -0.293. The van der Waals surface area contributed by atoms with Crippen molar-refractivity contribution in [1.82, 2.24) is 0 Å². The summed E-state index contributed by atoms with van der Waals surface area (Å²) in [5, 5.41) is 10.4. The van der Waals surface area contributed by atoms with Gasteiger partial charge in [-0.2, -0.15) is 0 Å². The summed E-state index contributed by atoms with van der Waals surface area (Å²) in [4.78, 5) is 0. The van der Waals surface area contributed by atoms with E-state index in [2.05, 4.69) is 13.5 Å². The van der Waals surface area contributed by atoms with Gasteiger partial charge in [-0.05, 0) is 50.9 Å². The van der Waals surface area contributed by atoms with Crippen LogP contribution in [-0.4, -0.2) is 23.9 Å². The van der Waals surface area contributed by atoms with Crippen molar-refractivity contribution in [3.05, 3.63) is 12.7 Å². The minimum absolute atomic E-state index is 0.259. The second-order valence-corrected chi connectivity index (χ2v) is 5.89. The zero-order valence-corrected chi connectivity index (χ0v) is 12.2. The standard InChI is InChI=1S/C16H30O2/c1-4-5-6-7-8-9-15(17)16(18-3)12-10-14(2)11-13-16/h4,14-15,17H,1,5-13H2,2-3H3. The Labute approximate surface area is 112 Å². The SMILES string of the molecule is C=CCCCCCC(O)C1(OC)CCC(C)CC1. The Kier molecular flexibility index (Phi) is 6.95. The van der Waals surface area contributed by atoms with Crippen molar-refractivity contribution in [3.63, 3.8) is 0 Å². The fraction of sp³-hybridized carbons (Fsp3) is 0.875. The maximum absolute atomic E-state index is 10.4. The molecule has 1 unspecified atom stereocenters. The predicted octanol–water partition coefficient (Wildman–Crippen LogP) is 4.08. The lowest BCUT2D eigenvalue weighted by atomic mass is 9.75. The van der Waals surface area contributed by atoms with Gasteiger partial charge in [-0.15, -0.1) is 6.58 Å². The van der Waals surface area contributed by atoms with E-state index < -0.39 is 0 Å². The molecule has 0 saturated heterocycles. The van der Waals surface area contributed by atoms with E-state index in [1.165, 1.54) is 25.7 Å². The minimum Gasteiger partial charge on any atom is -0.390 e. The molecule has 0 aliphatic heterocycles. The third kappa shape index (κ3) is 4.40. The number of aliphatic hydroxyl groups excluding tert-OH is 1. The maximum atomic E-state index is 10.4. The van der Waals surface area contributed by atoms with Gasteiger partial charge in [0.1, 0.15) is 0 Å². The number of rotatable bonds is 8. The van der Waals surface area contributed by atoms with E-state index in [0.29, 0.717) is 0 Å². The molecular weight excluding hydrogens is 224 g/mol. The van der Waals surface area contributed by atoms with E-state index in [1.54, 1.807) is 7.11 Å². The smallest absolute Gasteiger partial charge is 0.0936 e. The summed E-state index contributed by atoms with van der Waals surface area (Å²) in [6.45, 7) is 6.02. The second kappa shape index (κ2) is 7.96. The average molecular weight is 254 g/mol. The van der Waals surface area contributed by atoms with E-state index in [0.717, 1.165) is 38.0 Å². The number of ether oxygens (including phenoxy) is 1. The molecule has 2 nitrogen and oxygen atoms in total. The largest absolute Gasteiger partial charge is 0.390 e. The van der Waals surface area contributed by atoms with Gasteiger partial charge in [0.05, 0.1) is 11.7 Å². The summed E-state index contributed by atoms with van der Waals surface area (Å²) in [7, 11) is 1.76. The van der Waals surface area contributed by atoms with Crippen LogP contribution in [0.15, 0.2) is 12.7 Å². The van der Waals surface area contributed by atoms with Gasteiger partial charge in [-0.3, -0.25) is 0 Å². The van der Waals surface area contributed by atoms with Crippen LogP contribution in [0.2, 0.25) is 0 Å². The zero-order chi connectivity index (χ0) is 13.4. The molecule has 0 radical (unpaired) electrons. The highest BCUT2D eigenvalue weighted by Crippen LogP contribution is 2.38. The first-order chi connectivity index (χ1) is 8.64. The van der Waals surface area contributed by atoms with Crippen molar-refractivity contribution in [2.75, 3.05) is 7.11 Å². The topological polar surface area (TPSA) is 29.5 Å². The van der Waals surface area contributed by atoms with Crippen molar-refractivity contribution in [2.45, 2.75) is 76.4 Å². The number of allylic oxidation sites excluding steroid dienone is 1. The fourth-order valence-electron chi connectivity index (χ4n) is 2.99. The van der Waals surface area contributed by atoms with Gasteiger partial charge < -0.3 is 9.84 Å². The van der Waals surface area contributed by atoms with E-state index in [1.807, 2.05) is 6.08 Å². The van der Waals surface area contributed by atoms with Crippen LogP contribution in [0.25, 0.3) is 0 Å². The first-order valence-electron chi connectivity index (χ1n) is 7.48. The molecule has 0 amide bonds. The number of hydrogen-bond acceptors (Lipinski definition) is 2. The molecule has 18 heavy (non-hydrogen) atoms. The summed E-state index contributed by atoms with van der Waals surface area (Å²) in [5.74, 6) is 0.785. The van der Waals surface area contributed by atoms with E-state index in [-0.39, 0.29) is 11.7 Å². The third-order valence-corrected chi connectivity index (χ3v) is 4.52. The molecule has 0 bridgehead atoms. The highest BCUT2D eigenvalue weighted by atomic mass is 16.5. The van der Waals surface area contributed by atoms with Gasteiger partial charge in [-0.25, -0.2) is 0 Å². The highest BCUT2D eigenvalue weighted by Gasteiger charge is 2.40. The Hall–Kier alpha value is -0.340. The highest BCUT2D eigenvalue weighted by molar-refractivity contribution is 4.92. The van der Waals surface area contributed by atoms with Gasteiger partial charge in [0.2, 0.25) is 0 Å². The molecule has 2 heteroatoms. The molecule has 0 heterocycles.